The molecule has 6 nitrogen and oxygen atoms in total. The fourth-order valence-corrected chi connectivity index (χ4v) is 2.34. The van der Waals surface area contributed by atoms with E-state index in [0.717, 1.165) is 16.9 Å². The van der Waals surface area contributed by atoms with Gasteiger partial charge in [0.05, 0.1) is 0 Å². The molecule has 0 saturated heterocycles. The molecular formula is C13H16N4O2S. The number of rotatable bonds is 6. The van der Waals surface area contributed by atoms with Crippen LogP contribution in [0.25, 0.3) is 11.4 Å². The molecule has 0 fully saturated rings. The molecule has 0 aliphatic carbocycles. The lowest BCUT2D eigenvalue weighted by molar-refractivity contribution is -0.141. The van der Waals surface area contributed by atoms with E-state index >= 15 is 0 Å². The van der Waals surface area contributed by atoms with Crippen molar-refractivity contribution in [2.75, 3.05) is 12.0 Å². The molecule has 7 heteroatoms. The van der Waals surface area contributed by atoms with Gasteiger partial charge in [0.2, 0.25) is 0 Å². The summed E-state index contributed by atoms with van der Waals surface area (Å²) in [5.41, 5.74) is 1.95. The van der Waals surface area contributed by atoms with Gasteiger partial charge in [0.25, 0.3) is 0 Å². The zero-order valence-electron chi connectivity index (χ0n) is 11.4. The Bertz CT molecular complexity index is 582. The first-order chi connectivity index (χ1) is 9.63. The summed E-state index contributed by atoms with van der Waals surface area (Å²) < 4.78 is 1.39. The van der Waals surface area contributed by atoms with E-state index in [0.29, 0.717) is 12.2 Å². The van der Waals surface area contributed by atoms with Crippen molar-refractivity contribution in [1.29, 1.82) is 0 Å². The second-order valence-electron chi connectivity index (χ2n) is 4.45. The highest BCUT2D eigenvalue weighted by atomic mass is 32.2. The average molecular weight is 292 g/mol. The minimum atomic E-state index is -0.917. The van der Waals surface area contributed by atoms with Crippen LogP contribution in [0.15, 0.2) is 24.3 Å². The summed E-state index contributed by atoms with van der Waals surface area (Å²) in [5.74, 6) is 0.308. The van der Waals surface area contributed by atoms with Gasteiger partial charge in [-0.15, -0.1) is 5.10 Å². The standard InChI is InChI=1S/C13H16N4O2S/c1-9-3-5-10(6-4-9)12-14-15-16-17(12)11(13(18)19)7-8-20-2/h3-6,11H,7-8H2,1-2H3,(H,18,19). The molecule has 106 valence electrons. The number of hydrogen-bond donors (Lipinski definition) is 1. The first-order valence-corrected chi connectivity index (χ1v) is 7.59. The van der Waals surface area contributed by atoms with Crippen molar-refractivity contribution in [3.05, 3.63) is 29.8 Å². The number of thioether (sulfide) groups is 1. The zero-order valence-corrected chi connectivity index (χ0v) is 12.2. The first-order valence-electron chi connectivity index (χ1n) is 6.20. The monoisotopic (exact) mass is 292 g/mol. The van der Waals surface area contributed by atoms with Crippen LogP contribution in [-0.4, -0.2) is 43.3 Å². The number of hydrogen-bond acceptors (Lipinski definition) is 5. The molecule has 0 aliphatic heterocycles. The van der Waals surface area contributed by atoms with E-state index in [-0.39, 0.29) is 0 Å². The van der Waals surface area contributed by atoms with Crippen molar-refractivity contribution in [3.63, 3.8) is 0 Å². The van der Waals surface area contributed by atoms with Crippen LogP contribution in [0.1, 0.15) is 18.0 Å². The predicted octanol–water partition coefficient (Wildman–Crippen LogP) is 2.03. The van der Waals surface area contributed by atoms with Gasteiger partial charge >= 0.3 is 5.97 Å². The molecule has 20 heavy (non-hydrogen) atoms. The highest BCUT2D eigenvalue weighted by Gasteiger charge is 2.24. The van der Waals surface area contributed by atoms with Gasteiger partial charge in [0.1, 0.15) is 0 Å². The Morgan fingerprint density at radius 2 is 2.10 bits per heavy atom. The van der Waals surface area contributed by atoms with Crippen LogP contribution in [0.3, 0.4) is 0 Å². The smallest absolute Gasteiger partial charge is 0.328 e. The van der Waals surface area contributed by atoms with Crippen LogP contribution in [0.4, 0.5) is 0 Å². The van der Waals surface area contributed by atoms with Crippen LogP contribution in [-0.2, 0) is 4.79 Å². The quantitative estimate of drug-likeness (QED) is 0.877. The Balaban J connectivity index is 2.35. The summed E-state index contributed by atoms with van der Waals surface area (Å²) in [4.78, 5) is 11.4. The summed E-state index contributed by atoms with van der Waals surface area (Å²) in [6.45, 7) is 1.99. The SMILES string of the molecule is CSCCC(C(=O)O)n1nnnc1-c1ccc(C)cc1. The lowest BCUT2D eigenvalue weighted by Gasteiger charge is -2.13. The minimum Gasteiger partial charge on any atom is -0.480 e. The van der Waals surface area contributed by atoms with Gasteiger partial charge < -0.3 is 5.11 Å². The summed E-state index contributed by atoms with van der Waals surface area (Å²) in [7, 11) is 0. The van der Waals surface area contributed by atoms with Crippen molar-refractivity contribution >= 4 is 17.7 Å². The molecule has 0 radical (unpaired) electrons. The van der Waals surface area contributed by atoms with Crippen molar-refractivity contribution in [2.24, 2.45) is 0 Å². The van der Waals surface area contributed by atoms with E-state index in [1.165, 1.54) is 4.68 Å². The molecule has 0 amide bonds. The molecule has 1 unspecified atom stereocenters. The maximum atomic E-state index is 11.4. The summed E-state index contributed by atoms with van der Waals surface area (Å²) >= 11 is 1.60. The van der Waals surface area contributed by atoms with Gasteiger partial charge in [0, 0.05) is 5.56 Å². The van der Waals surface area contributed by atoms with Crippen LogP contribution in [0.2, 0.25) is 0 Å². The number of carbonyl (C=O) groups is 1. The second kappa shape index (κ2) is 6.51. The Labute approximate surface area is 121 Å². The number of aryl methyl sites for hydroxylation is 1. The largest absolute Gasteiger partial charge is 0.480 e. The third kappa shape index (κ3) is 3.16. The topological polar surface area (TPSA) is 80.9 Å². The first kappa shape index (κ1) is 14.5. The molecular weight excluding hydrogens is 276 g/mol. The summed E-state index contributed by atoms with van der Waals surface area (Å²) in [6.07, 6.45) is 2.43. The van der Waals surface area contributed by atoms with Gasteiger partial charge in [-0.3, -0.25) is 0 Å². The zero-order chi connectivity index (χ0) is 14.5. The summed E-state index contributed by atoms with van der Waals surface area (Å²) in [5, 5.41) is 20.8. The van der Waals surface area contributed by atoms with E-state index in [1.807, 2.05) is 37.4 Å². The van der Waals surface area contributed by atoms with Gasteiger partial charge in [-0.25, -0.2) is 9.48 Å². The Kier molecular flexibility index (Phi) is 4.73. The molecule has 0 spiro atoms. The minimum absolute atomic E-state index is 0.485. The number of aromatic nitrogens is 4. The van der Waals surface area contributed by atoms with E-state index in [9.17, 15) is 9.90 Å². The number of nitrogens with zero attached hydrogens (tertiary/aromatic N) is 4. The lowest BCUT2D eigenvalue weighted by Crippen LogP contribution is -2.22. The number of aliphatic carboxylic acids is 1. The molecule has 0 bridgehead atoms. The third-order valence-electron chi connectivity index (χ3n) is 2.98. The maximum Gasteiger partial charge on any atom is 0.328 e. The predicted molar refractivity (Wildman–Crippen MR) is 77.7 cm³/mol. The van der Waals surface area contributed by atoms with E-state index in [1.54, 1.807) is 11.8 Å². The van der Waals surface area contributed by atoms with Gasteiger partial charge in [0.15, 0.2) is 11.9 Å². The molecule has 1 aromatic carbocycles. The third-order valence-corrected chi connectivity index (χ3v) is 3.62. The van der Waals surface area contributed by atoms with Crippen LogP contribution >= 0.6 is 11.8 Å². The normalized spacial score (nSPS) is 12.3. The molecule has 1 heterocycles. The highest BCUT2D eigenvalue weighted by molar-refractivity contribution is 7.98. The van der Waals surface area contributed by atoms with Crippen molar-refractivity contribution < 1.29 is 9.90 Å². The van der Waals surface area contributed by atoms with Crippen LogP contribution in [0.5, 0.6) is 0 Å². The molecule has 1 N–H and O–H groups in total. The number of benzene rings is 1. The van der Waals surface area contributed by atoms with Gasteiger partial charge in [-0.1, -0.05) is 29.8 Å². The van der Waals surface area contributed by atoms with Crippen molar-refractivity contribution in [1.82, 2.24) is 20.2 Å². The Hall–Kier alpha value is -1.89. The number of carboxylic acids is 1. The summed E-state index contributed by atoms with van der Waals surface area (Å²) in [6, 6.07) is 6.95. The number of carboxylic acid groups (broad SMARTS) is 1. The average Bonchev–Trinajstić information content (AvgIpc) is 2.89. The lowest BCUT2D eigenvalue weighted by atomic mass is 10.1. The van der Waals surface area contributed by atoms with Crippen LogP contribution < -0.4 is 0 Å². The molecule has 2 rings (SSSR count). The van der Waals surface area contributed by atoms with Crippen molar-refractivity contribution in [3.8, 4) is 11.4 Å². The second-order valence-corrected chi connectivity index (χ2v) is 5.43. The number of tetrazole rings is 1. The Morgan fingerprint density at radius 3 is 2.70 bits per heavy atom. The van der Waals surface area contributed by atoms with E-state index in [2.05, 4.69) is 15.5 Å². The molecule has 1 aromatic heterocycles. The molecule has 0 saturated carbocycles. The van der Waals surface area contributed by atoms with Gasteiger partial charge in [-0.2, -0.15) is 11.8 Å². The molecule has 1 atom stereocenters. The molecule has 0 aliphatic rings. The molecule has 2 aromatic rings. The van der Waals surface area contributed by atoms with Crippen molar-refractivity contribution in [2.45, 2.75) is 19.4 Å². The van der Waals surface area contributed by atoms with Crippen LogP contribution in [0, 0.1) is 6.92 Å². The van der Waals surface area contributed by atoms with E-state index < -0.39 is 12.0 Å². The van der Waals surface area contributed by atoms with Gasteiger partial charge in [-0.05, 0) is 35.8 Å². The highest BCUT2D eigenvalue weighted by Crippen LogP contribution is 2.22. The fourth-order valence-electron chi connectivity index (χ4n) is 1.88. The maximum absolute atomic E-state index is 11.4. The fraction of sp³-hybridized carbons (Fsp3) is 0.385. The Morgan fingerprint density at radius 1 is 1.40 bits per heavy atom. The van der Waals surface area contributed by atoms with E-state index in [4.69, 9.17) is 0 Å².